The van der Waals surface area contributed by atoms with Crippen LogP contribution in [0.2, 0.25) is 5.02 Å². The first kappa shape index (κ1) is 30.7. The van der Waals surface area contributed by atoms with E-state index in [2.05, 4.69) is 10.7 Å². The first-order valence-electron chi connectivity index (χ1n) is 13.7. The first-order valence-corrected chi connectivity index (χ1v) is 14.1. The maximum absolute atomic E-state index is 15.7. The van der Waals surface area contributed by atoms with Gasteiger partial charge in [-0.15, -0.1) is 0 Å². The van der Waals surface area contributed by atoms with E-state index in [-0.39, 0.29) is 33.6 Å². The highest BCUT2D eigenvalue weighted by atomic mass is 35.5. The molecule has 13 heteroatoms. The Morgan fingerprint density at radius 3 is 2.12 bits per heavy atom. The van der Waals surface area contributed by atoms with Gasteiger partial charge in [0, 0.05) is 30.6 Å². The van der Waals surface area contributed by atoms with Crippen molar-refractivity contribution in [3.8, 4) is 0 Å². The van der Waals surface area contributed by atoms with Gasteiger partial charge in [-0.1, -0.05) is 11.6 Å². The number of halogens is 2. The van der Waals surface area contributed by atoms with Crippen LogP contribution in [0.25, 0.3) is 10.9 Å². The van der Waals surface area contributed by atoms with E-state index in [1.165, 1.54) is 4.57 Å². The number of hydrogen-bond donors (Lipinski definition) is 2. The number of nitrogens with one attached hydrogen (secondary N) is 2. The topological polar surface area (TPSA) is 124 Å². The second kappa shape index (κ2) is 10.5. The Kier molecular flexibility index (Phi) is 7.87. The number of carbonyl (C=O) groups excluding carboxylic acids is 2. The standard InChI is InChI=1S/C28H39ClFN5O6/c1-26(2,3)40-23(37)31-28(7,8)15-11-12-33(14-15)21-18(30)13-17-20(19(21)29)34(16-9-10-16)25(39)35(22(17)36)32-24(38)41-27(4,5)6/h13,15-16H,9-12,14H2,1-8H3,(H,31,37)(H,32,38)/t15-/m1/s1. The normalized spacial score (nSPS) is 18.0. The van der Waals surface area contributed by atoms with Crippen molar-refractivity contribution in [3.63, 3.8) is 0 Å². The Morgan fingerprint density at radius 2 is 1.56 bits per heavy atom. The van der Waals surface area contributed by atoms with Crippen LogP contribution in [-0.4, -0.2) is 51.3 Å². The van der Waals surface area contributed by atoms with Crippen molar-refractivity contribution in [2.75, 3.05) is 23.4 Å². The monoisotopic (exact) mass is 595 g/mol. The Hall–Kier alpha value is -3.28. The molecule has 1 atom stereocenters. The average molecular weight is 596 g/mol. The molecule has 2 aliphatic rings. The van der Waals surface area contributed by atoms with Crippen LogP contribution < -0.4 is 26.9 Å². The average Bonchev–Trinajstić information content (AvgIpc) is 3.50. The van der Waals surface area contributed by atoms with Gasteiger partial charge in [0.2, 0.25) is 0 Å². The summed E-state index contributed by atoms with van der Waals surface area (Å²) in [5.74, 6) is -0.805. The number of alkyl carbamates (subject to hydrolysis) is 1. The predicted molar refractivity (Wildman–Crippen MR) is 155 cm³/mol. The molecule has 226 valence electrons. The third kappa shape index (κ3) is 6.63. The van der Waals surface area contributed by atoms with Gasteiger partial charge in [0.25, 0.3) is 5.56 Å². The molecule has 11 nitrogen and oxygen atoms in total. The molecule has 0 spiro atoms. The third-order valence-electron chi connectivity index (χ3n) is 7.10. The van der Waals surface area contributed by atoms with Crippen LogP contribution in [0, 0.1) is 11.7 Å². The van der Waals surface area contributed by atoms with Crippen LogP contribution in [0.5, 0.6) is 0 Å². The molecule has 1 aromatic carbocycles. The molecule has 1 aliphatic carbocycles. The minimum Gasteiger partial charge on any atom is -0.444 e. The van der Waals surface area contributed by atoms with Crippen LogP contribution in [0.4, 0.5) is 19.7 Å². The van der Waals surface area contributed by atoms with E-state index in [0.29, 0.717) is 37.0 Å². The van der Waals surface area contributed by atoms with Crippen molar-refractivity contribution in [2.24, 2.45) is 5.92 Å². The van der Waals surface area contributed by atoms with Crippen LogP contribution in [-0.2, 0) is 9.47 Å². The number of anilines is 1. The minimum atomic E-state index is -0.993. The first-order chi connectivity index (χ1) is 18.8. The Balaban J connectivity index is 1.71. The zero-order chi connectivity index (χ0) is 30.7. The largest absolute Gasteiger partial charge is 0.444 e. The highest BCUT2D eigenvalue weighted by Gasteiger charge is 2.39. The second-order valence-electron chi connectivity index (χ2n) is 13.3. The van der Waals surface area contributed by atoms with Gasteiger partial charge in [-0.25, -0.2) is 24.2 Å². The van der Waals surface area contributed by atoms with E-state index in [0.717, 1.165) is 6.07 Å². The number of fused-ring (bicyclic) bond motifs is 1. The van der Waals surface area contributed by atoms with Gasteiger partial charge in [0.15, 0.2) is 0 Å². The lowest BCUT2D eigenvalue weighted by atomic mass is 9.87. The second-order valence-corrected chi connectivity index (χ2v) is 13.7. The van der Waals surface area contributed by atoms with Crippen molar-refractivity contribution >= 4 is 40.4 Å². The molecule has 1 saturated carbocycles. The Morgan fingerprint density at radius 1 is 0.976 bits per heavy atom. The number of amides is 2. The number of benzene rings is 1. The van der Waals surface area contributed by atoms with Crippen LogP contribution in [0.1, 0.15) is 80.7 Å². The quantitative estimate of drug-likeness (QED) is 0.504. The lowest BCUT2D eigenvalue weighted by molar-refractivity contribution is 0.0441. The maximum atomic E-state index is 15.7. The number of aromatic nitrogens is 2. The fourth-order valence-corrected chi connectivity index (χ4v) is 5.48. The zero-order valence-electron chi connectivity index (χ0n) is 24.8. The van der Waals surface area contributed by atoms with E-state index >= 15 is 4.39 Å². The Labute approximate surface area is 242 Å². The number of rotatable bonds is 5. The maximum Gasteiger partial charge on any atom is 0.427 e. The van der Waals surface area contributed by atoms with Crippen molar-refractivity contribution in [1.29, 1.82) is 0 Å². The molecule has 1 aromatic heterocycles. The molecule has 2 N–H and O–H groups in total. The molecule has 4 rings (SSSR count). The number of nitrogens with zero attached hydrogens (tertiary/aromatic N) is 3. The molecular weight excluding hydrogens is 557 g/mol. The van der Waals surface area contributed by atoms with Gasteiger partial charge >= 0.3 is 17.9 Å². The summed E-state index contributed by atoms with van der Waals surface area (Å²) >= 11 is 6.82. The molecule has 2 amide bonds. The van der Waals surface area contributed by atoms with Gasteiger partial charge in [0.05, 0.1) is 21.6 Å². The number of ether oxygens (including phenoxy) is 2. The van der Waals surface area contributed by atoms with Gasteiger partial charge < -0.3 is 19.7 Å². The predicted octanol–water partition coefficient (Wildman–Crippen LogP) is 4.90. The fourth-order valence-electron chi connectivity index (χ4n) is 5.08. The van der Waals surface area contributed by atoms with E-state index in [1.54, 1.807) is 46.4 Å². The summed E-state index contributed by atoms with van der Waals surface area (Å²) in [5.41, 5.74) is -1.49. The lowest BCUT2D eigenvalue weighted by Crippen LogP contribution is -2.51. The highest BCUT2D eigenvalue weighted by Crippen LogP contribution is 2.42. The van der Waals surface area contributed by atoms with Crippen molar-refractivity contribution in [3.05, 3.63) is 37.7 Å². The Bertz CT molecular complexity index is 1500. The number of carbonyl (C=O) groups is 2. The van der Waals surface area contributed by atoms with Crippen molar-refractivity contribution in [2.45, 2.75) is 97.4 Å². The van der Waals surface area contributed by atoms with Crippen molar-refractivity contribution < 1.29 is 23.5 Å². The fraction of sp³-hybridized carbons (Fsp3) is 0.643. The van der Waals surface area contributed by atoms with E-state index in [9.17, 15) is 19.2 Å². The SMILES string of the molecule is CC(C)(C)OC(=O)Nn1c(=O)c2cc(F)c(N3CC[C@@H](C(C)(C)NC(=O)OC(C)(C)C)C3)c(Cl)c2n(C2CC2)c1=O. The highest BCUT2D eigenvalue weighted by molar-refractivity contribution is 6.38. The molecule has 2 aromatic rings. The molecular formula is C28H39ClFN5O6. The summed E-state index contributed by atoms with van der Waals surface area (Å²) in [6, 6.07) is 0.804. The summed E-state index contributed by atoms with van der Waals surface area (Å²) in [6.07, 6.45) is 0.429. The molecule has 2 fully saturated rings. The molecule has 0 radical (unpaired) electrons. The van der Waals surface area contributed by atoms with Gasteiger partial charge in [-0.2, -0.15) is 4.68 Å². The smallest absolute Gasteiger partial charge is 0.427 e. The van der Waals surface area contributed by atoms with Gasteiger partial charge in [-0.3, -0.25) is 9.36 Å². The summed E-state index contributed by atoms with van der Waals surface area (Å²) in [5, 5.41) is 2.73. The zero-order valence-corrected chi connectivity index (χ0v) is 25.6. The van der Waals surface area contributed by atoms with Crippen LogP contribution in [0.3, 0.4) is 0 Å². The summed E-state index contributed by atoms with van der Waals surface area (Å²) < 4.78 is 28.2. The summed E-state index contributed by atoms with van der Waals surface area (Å²) in [6.45, 7) is 14.9. The lowest BCUT2D eigenvalue weighted by Gasteiger charge is -2.34. The van der Waals surface area contributed by atoms with Crippen molar-refractivity contribution in [1.82, 2.24) is 14.6 Å². The molecule has 1 saturated heterocycles. The number of hydrogen-bond acceptors (Lipinski definition) is 7. The summed E-state index contributed by atoms with van der Waals surface area (Å²) in [4.78, 5) is 53.4. The third-order valence-corrected chi connectivity index (χ3v) is 7.46. The molecule has 1 aliphatic heterocycles. The molecule has 0 unspecified atom stereocenters. The minimum absolute atomic E-state index is 0.0518. The molecule has 41 heavy (non-hydrogen) atoms. The van der Waals surface area contributed by atoms with Crippen LogP contribution >= 0.6 is 11.6 Å². The molecule has 2 heterocycles. The van der Waals surface area contributed by atoms with E-state index in [4.69, 9.17) is 21.1 Å². The van der Waals surface area contributed by atoms with Crippen LogP contribution in [0.15, 0.2) is 15.7 Å². The van der Waals surface area contributed by atoms with E-state index < -0.39 is 46.0 Å². The van der Waals surface area contributed by atoms with Gasteiger partial charge in [0.1, 0.15) is 17.0 Å². The summed E-state index contributed by atoms with van der Waals surface area (Å²) in [7, 11) is 0. The van der Waals surface area contributed by atoms with Gasteiger partial charge in [-0.05, 0) is 80.7 Å². The molecule has 0 bridgehead atoms. The van der Waals surface area contributed by atoms with E-state index in [1.807, 2.05) is 13.8 Å².